The first-order valence-electron chi connectivity index (χ1n) is 4.19. The molecule has 0 aliphatic heterocycles. The molecule has 0 atom stereocenters. The molecule has 1 aromatic heterocycles. The van der Waals surface area contributed by atoms with Crippen molar-refractivity contribution in [1.82, 2.24) is 10.2 Å². The van der Waals surface area contributed by atoms with E-state index < -0.39 is 21.7 Å². The molecule has 0 spiro atoms. The van der Waals surface area contributed by atoms with Crippen LogP contribution < -0.4 is 4.72 Å². The molecule has 1 aromatic rings. The molecule has 15 heavy (non-hydrogen) atoms. The lowest BCUT2D eigenvalue weighted by molar-refractivity contribution is -0.139. The van der Waals surface area contributed by atoms with Crippen LogP contribution in [-0.4, -0.2) is 36.9 Å². The molecule has 0 aromatic carbocycles. The quantitative estimate of drug-likeness (QED) is 0.681. The van der Waals surface area contributed by atoms with Crippen molar-refractivity contribution in [2.45, 2.75) is 6.92 Å². The number of H-pyrrole nitrogens is 1. The van der Waals surface area contributed by atoms with Crippen molar-refractivity contribution in [3.8, 4) is 0 Å². The molecule has 1 rings (SSSR count). The molecule has 0 saturated carbocycles. The molecule has 2 N–H and O–H groups in total. The fourth-order valence-electron chi connectivity index (χ4n) is 0.874. The minimum Gasteiger partial charge on any atom is -0.465 e. The van der Waals surface area contributed by atoms with E-state index in [2.05, 4.69) is 19.7 Å². The number of aromatic nitrogens is 2. The predicted octanol–water partition coefficient (Wildman–Crippen LogP) is -0.286. The van der Waals surface area contributed by atoms with E-state index in [1.54, 1.807) is 6.92 Å². The molecule has 0 amide bonds. The zero-order valence-corrected chi connectivity index (χ0v) is 8.87. The molecular formula is C7H11N3O4S. The van der Waals surface area contributed by atoms with Crippen molar-refractivity contribution in [2.24, 2.45) is 0 Å². The standard InChI is InChI=1S/C7H11N3O4S/c1-2-14-7(11)5-15(12,13)10-6-3-4-8-9-6/h3-4H,2,5H2,1H3,(H2,8,9,10). The number of nitrogens with zero attached hydrogens (tertiary/aromatic N) is 1. The number of carbonyl (C=O) groups is 1. The van der Waals surface area contributed by atoms with Gasteiger partial charge in [0.1, 0.15) is 5.82 Å². The summed E-state index contributed by atoms with van der Waals surface area (Å²) in [5, 5.41) is 5.96. The van der Waals surface area contributed by atoms with Gasteiger partial charge >= 0.3 is 5.97 Å². The Morgan fingerprint density at radius 2 is 2.40 bits per heavy atom. The minimum absolute atomic E-state index is 0.151. The molecular weight excluding hydrogens is 222 g/mol. The van der Waals surface area contributed by atoms with Crippen LogP contribution in [0, 0.1) is 0 Å². The summed E-state index contributed by atoms with van der Waals surface area (Å²) >= 11 is 0. The first-order valence-corrected chi connectivity index (χ1v) is 5.84. The van der Waals surface area contributed by atoms with E-state index in [0.29, 0.717) is 0 Å². The van der Waals surface area contributed by atoms with Gasteiger partial charge in [0.15, 0.2) is 5.75 Å². The van der Waals surface area contributed by atoms with Crippen LogP contribution in [0.1, 0.15) is 6.92 Å². The second kappa shape index (κ2) is 4.78. The van der Waals surface area contributed by atoms with E-state index in [0.717, 1.165) is 0 Å². The largest absolute Gasteiger partial charge is 0.465 e. The Kier molecular flexibility index (Phi) is 3.67. The number of esters is 1. The summed E-state index contributed by atoms with van der Waals surface area (Å²) in [6, 6.07) is 1.43. The average Bonchev–Trinajstić information content (AvgIpc) is 2.54. The lowest BCUT2D eigenvalue weighted by Gasteiger charge is -2.04. The Hall–Kier alpha value is -1.57. The highest BCUT2D eigenvalue weighted by Crippen LogP contribution is 2.03. The number of rotatable bonds is 5. The van der Waals surface area contributed by atoms with Crippen molar-refractivity contribution in [2.75, 3.05) is 17.1 Å². The van der Waals surface area contributed by atoms with E-state index in [-0.39, 0.29) is 12.4 Å². The number of nitrogens with one attached hydrogen (secondary N) is 2. The highest BCUT2D eigenvalue weighted by Gasteiger charge is 2.17. The van der Waals surface area contributed by atoms with Gasteiger partial charge < -0.3 is 4.74 Å². The fraction of sp³-hybridized carbons (Fsp3) is 0.429. The lowest BCUT2D eigenvalue weighted by atomic mass is 10.7. The molecule has 7 nitrogen and oxygen atoms in total. The number of ether oxygens (including phenoxy) is 1. The van der Waals surface area contributed by atoms with E-state index in [1.807, 2.05) is 0 Å². The van der Waals surface area contributed by atoms with Crippen LogP contribution in [0.15, 0.2) is 12.3 Å². The molecule has 8 heteroatoms. The summed E-state index contributed by atoms with van der Waals surface area (Å²) in [4.78, 5) is 10.9. The number of carbonyl (C=O) groups excluding carboxylic acids is 1. The Labute approximate surface area is 86.9 Å². The van der Waals surface area contributed by atoms with Gasteiger partial charge in [0.2, 0.25) is 10.0 Å². The molecule has 0 saturated heterocycles. The second-order valence-electron chi connectivity index (χ2n) is 2.64. The van der Waals surface area contributed by atoms with Crippen molar-refractivity contribution < 1.29 is 17.9 Å². The highest BCUT2D eigenvalue weighted by molar-refractivity contribution is 7.93. The maximum Gasteiger partial charge on any atom is 0.323 e. The lowest BCUT2D eigenvalue weighted by Crippen LogP contribution is -2.24. The highest BCUT2D eigenvalue weighted by atomic mass is 32.2. The van der Waals surface area contributed by atoms with Crippen LogP contribution in [0.3, 0.4) is 0 Å². The molecule has 0 radical (unpaired) electrons. The smallest absolute Gasteiger partial charge is 0.323 e. The molecule has 0 unspecified atom stereocenters. The van der Waals surface area contributed by atoms with Crippen molar-refractivity contribution >= 4 is 21.8 Å². The first kappa shape index (κ1) is 11.5. The van der Waals surface area contributed by atoms with Crippen LogP contribution in [0.2, 0.25) is 0 Å². The van der Waals surface area contributed by atoms with Crippen molar-refractivity contribution in [1.29, 1.82) is 0 Å². The molecule has 84 valence electrons. The van der Waals surface area contributed by atoms with Gasteiger partial charge in [0, 0.05) is 6.07 Å². The van der Waals surface area contributed by atoms with Crippen molar-refractivity contribution in [3.05, 3.63) is 12.3 Å². The van der Waals surface area contributed by atoms with Gasteiger partial charge in [-0.1, -0.05) is 0 Å². The summed E-state index contributed by atoms with van der Waals surface area (Å²) in [6.07, 6.45) is 1.39. The second-order valence-corrected chi connectivity index (χ2v) is 4.36. The van der Waals surface area contributed by atoms with E-state index in [4.69, 9.17) is 0 Å². The van der Waals surface area contributed by atoms with Crippen molar-refractivity contribution in [3.63, 3.8) is 0 Å². The summed E-state index contributed by atoms with van der Waals surface area (Å²) in [6.45, 7) is 1.76. The monoisotopic (exact) mass is 233 g/mol. The molecule has 1 heterocycles. The molecule has 0 aliphatic rings. The summed E-state index contributed by atoms with van der Waals surface area (Å²) in [7, 11) is -3.72. The van der Waals surface area contributed by atoms with Crippen LogP contribution in [0.4, 0.5) is 5.82 Å². The van der Waals surface area contributed by atoms with Crippen LogP contribution in [-0.2, 0) is 19.6 Å². The molecule has 0 aliphatic carbocycles. The van der Waals surface area contributed by atoms with E-state index in [9.17, 15) is 13.2 Å². The van der Waals surface area contributed by atoms with Gasteiger partial charge in [-0.05, 0) is 6.92 Å². The topological polar surface area (TPSA) is 101 Å². The Balaban J connectivity index is 2.57. The average molecular weight is 233 g/mol. The Bertz CT molecular complexity index is 411. The van der Waals surface area contributed by atoms with Crippen LogP contribution in [0.25, 0.3) is 0 Å². The van der Waals surface area contributed by atoms with Crippen LogP contribution >= 0.6 is 0 Å². The molecule has 0 fully saturated rings. The number of aromatic amines is 1. The van der Waals surface area contributed by atoms with E-state index in [1.165, 1.54) is 12.3 Å². The zero-order valence-electron chi connectivity index (χ0n) is 8.06. The summed E-state index contributed by atoms with van der Waals surface area (Å²) in [5.74, 6) is -1.29. The Morgan fingerprint density at radius 1 is 1.67 bits per heavy atom. The predicted molar refractivity (Wildman–Crippen MR) is 52.6 cm³/mol. The minimum atomic E-state index is -3.72. The molecule has 0 bridgehead atoms. The van der Waals surface area contributed by atoms with Gasteiger partial charge in [-0.2, -0.15) is 5.10 Å². The fourth-order valence-corrected chi connectivity index (χ4v) is 1.79. The van der Waals surface area contributed by atoms with E-state index >= 15 is 0 Å². The van der Waals surface area contributed by atoms with Gasteiger partial charge in [0.25, 0.3) is 0 Å². The number of hydrogen-bond donors (Lipinski definition) is 2. The van der Waals surface area contributed by atoms with Gasteiger partial charge in [-0.15, -0.1) is 0 Å². The summed E-state index contributed by atoms with van der Waals surface area (Å²) in [5.41, 5.74) is 0. The van der Waals surface area contributed by atoms with Crippen LogP contribution in [0.5, 0.6) is 0 Å². The number of anilines is 1. The number of hydrogen-bond acceptors (Lipinski definition) is 5. The third-order valence-corrected chi connectivity index (χ3v) is 2.53. The SMILES string of the molecule is CCOC(=O)CS(=O)(=O)Nc1ccn[nH]1. The van der Waals surface area contributed by atoms with Gasteiger partial charge in [-0.3, -0.25) is 14.6 Å². The first-order chi connectivity index (χ1) is 7.03. The third-order valence-electron chi connectivity index (χ3n) is 1.38. The normalized spacial score (nSPS) is 11.0. The maximum absolute atomic E-state index is 11.3. The zero-order chi connectivity index (χ0) is 11.3. The Morgan fingerprint density at radius 3 is 2.93 bits per heavy atom. The third kappa shape index (κ3) is 3.98. The van der Waals surface area contributed by atoms with Gasteiger partial charge in [0.05, 0.1) is 12.8 Å². The number of sulfonamides is 1. The summed E-state index contributed by atoms with van der Waals surface area (Å²) < 4.78 is 29.3. The maximum atomic E-state index is 11.3. The van der Waals surface area contributed by atoms with Gasteiger partial charge in [-0.25, -0.2) is 8.42 Å².